The molecule has 0 radical (unpaired) electrons. The van der Waals surface area contributed by atoms with Gasteiger partial charge < -0.3 is 14.2 Å². The lowest BCUT2D eigenvalue weighted by Gasteiger charge is -2.18. The van der Waals surface area contributed by atoms with Crippen molar-refractivity contribution in [2.45, 2.75) is 258 Å². The van der Waals surface area contributed by atoms with E-state index < -0.39 is 6.10 Å². The largest absolute Gasteiger partial charge is 0.462 e. The second kappa shape index (κ2) is 58.4. The molecular formula is C65H106O6. The zero-order valence-electron chi connectivity index (χ0n) is 45.9. The van der Waals surface area contributed by atoms with E-state index in [9.17, 15) is 14.4 Å². The molecule has 1 unspecified atom stereocenters. The molecule has 0 aliphatic rings. The van der Waals surface area contributed by atoms with Crippen molar-refractivity contribution in [1.82, 2.24) is 0 Å². The van der Waals surface area contributed by atoms with Crippen LogP contribution in [0, 0.1) is 0 Å². The molecule has 0 fully saturated rings. The summed E-state index contributed by atoms with van der Waals surface area (Å²) >= 11 is 0. The number of carbonyl (C=O) groups is 3. The fourth-order valence-corrected chi connectivity index (χ4v) is 7.63. The molecule has 1 atom stereocenters. The van der Waals surface area contributed by atoms with Crippen LogP contribution in [0.25, 0.3) is 0 Å². The maximum atomic E-state index is 12.9. The summed E-state index contributed by atoms with van der Waals surface area (Å²) in [6, 6.07) is 0. The number of rotatable bonds is 51. The van der Waals surface area contributed by atoms with Gasteiger partial charge in [-0.05, 0) is 128 Å². The van der Waals surface area contributed by atoms with Crippen LogP contribution in [0.2, 0.25) is 0 Å². The number of unbranched alkanes of at least 4 members (excludes halogenated alkanes) is 20. The Morgan fingerprint density at radius 2 is 0.549 bits per heavy atom. The fourth-order valence-electron chi connectivity index (χ4n) is 7.63. The summed E-state index contributed by atoms with van der Waals surface area (Å²) in [5.41, 5.74) is 0. The summed E-state index contributed by atoms with van der Waals surface area (Å²) in [6.45, 7) is 6.35. The van der Waals surface area contributed by atoms with Crippen LogP contribution >= 0.6 is 0 Å². The third-order valence-electron chi connectivity index (χ3n) is 11.9. The van der Waals surface area contributed by atoms with Crippen molar-refractivity contribution in [3.8, 4) is 0 Å². The molecule has 0 amide bonds. The highest BCUT2D eigenvalue weighted by Crippen LogP contribution is 2.13. The molecule has 0 aromatic heterocycles. The van der Waals surface area contributed by atoms with E-state index >= 15 is 0 Å². The molecule has 0 heterocycles. The Labute approximate surface area is 437 Å². The average molecular weight is 984 g/mol. The van der Waals surface area contributed by atoms with E-state index in [0.717, 1.165) is 161 Å². The lowest BCUT2D eigenvalue weighted by atomic mass is 10.1. The minimum absolute atomic E-state index is 0.104. The van der Waals surface area contributed by atoms with Crippen molar-refractivity contribution in [2.75, 3.05) is 13.2 Å². The van der Waals surface area contributed by atoms with Crippen molar-refractivity contribution < 1.29 is 28.6 Å². The maximum absolute atomic E-state index is 12.9. The molecule has 0 N–H and O–H groups in total. The molecule has 6 nitrogen and oxygen atoms in total. The van der Waals surface area contributed by atoms with Gasteiger partial charge in [0.15, 0.2) is 6.10 Å². The first kappa shape index (κ1) is 66.8. The van der Waals surface area contributed by atoms with Gasteiger partial charge in [0.2, 0.25) is 0 Å². The minimum Gasteiger partial charge on any atom is -0.462 e. The Balaban J connectivity index is 4.48. The van der Waals surface area contributed by atoms with Crippen molar-refractivity contribution in [1.29, 1.82) is 0 Å². The molecular weight excluding hydrogens is 877 g/mol. The van der Waals surface area contributed by atoms with Crippen molar-refractivity contribution >= 4 is 17.9 Å². The van der Waals surface area contributed by atoms with E-state index in [4.69, 9.17) is 14.2 Å². The van der Waals surface area contributed by atoms with Crippen LogP contribution in [-0.4, -0.2) is 37.2 Å². The number of esters is 3. The number of allylic oxidation sites excluding steroid dienone is 20. The maximum Gasteiger partial charge on any atom is 0.306 e. The monoisotopic (exact) mass is 983 g/mol. The van der Waals surface area contributed by atoms with Gasteiger partial charge in [0.1, 0.15) is 13.2 Å². The van der Waals surface area contributed by atoms with Crippen LogP contribution in [0.4, 0.5) is 0 Å². The van der Waals surface area contributed by atoms with Crippen LogP contribution in [0.15, 0.2) is 122 Å². The molecule has 0 saturated heterocycles. The van der Waals surface area contributed by atoms with Gasteiger partial charge in [0.25, 0.3) is 0 Å². The summed E-state index contributed by atoms with van der Waals surface area (Å²) in [5, 5.41) is 0. The van der Waals surface area contributed by atoms with E-state index in [-0.39, 0.29) is 37.5 Å². The first-order chi connectivity index (χ1) is 35.0. The predicted octanol–water partition coefficient (Wildman–Crippen LogP) is 19.6. The first-order valence-corrected chi connectivity index (χ1v) is 29.0. The van der Waals surface area contributed by atoms with Crippen LogP contribution in [-0.2, 0) is 28.6 Å². The summed E-state index contributed by atoms with van der Waals surface area (Å²) in [5.74, 6) is -0.958. The fraction of sp³-hybridized carbons (Fsp3) is 0.646. The van der Waals surface area contributed by atoms with Gasteiger partial charge in [0, 0.05) is 19.3 Å². The smallest absolute Gasteiger partial charge is 0.306 e. The molecule has 6 heteroatoms. The predicted molar refractivity (Wildman–Crippen MR) is 306 cm³/mol. The lowest BCUT2D eigenvalue weighted by Crippen LogP contribution is -2.30. The van der Waals surface area contributed by atoms with E-state index in [2.05, 4.69) is 142 Å². The Hall–Kier alpha value is -4.19. The van der Waals surface area contributed by atoms with Crippen molar-refractivity contribution in [3.63, 3.8) is 0 Å². The highest BCUT2D eigenvalue weighted by molar-refractivity contribution is 5.71. The van der Waals surface area contributed by atoms with E-state index in [1.54, 1.807) is 0 Å². The standard InChI is InChI=1S/C65H106O6/c1-4-7-10-13-16-19-22-25-28-30-31-32-33-35-37-40-43-46-49-52-55-58-64(67)70-61-62(60-69-63(66)57-54-51-48-45-42-39-36-27-24-21-18-15-12-9-6-3)71-65(68)59-56-53-50-47-44-41-38-34-29-26-23-20-17-14-11-8-5-2/h8-9,11-12,17-18,20-22,25-27,29-31,33,35-36,38,41,62H,4-7,10,13-16,19,23-24,28,32,34,37,39-40,42-61H2,1-3H3/b11-8-,12-9-,20-17-,21-18-,25-22-,29-26-,31-30-,35-33-,36-27-,41-38-. The first-order valence-electron chi connectivity index (χ1n) is 29.0. The molecule has 0 aromatic rings. The minimum atomic E-state index is -0.808. The van der Waals surface area contributed by atoms with Crippen molar-refractivity contribution in [3.05, 3.63) is 122 Å². The summed E-state index contributed by atoms with van der Waals surface area (Å²) in [6.07, 6.45) is 80.4. The summed E-state index contributed by atoms with van der Waals surface area (Å²) in [7, 11) is 0. The third kappa shape index (κ3) is 56.6. The van der Waals surface area contributed by atoms with Crippen LogP contribution in [0.3, 0.4) is 0 Å². The number of carbonyl (C=O) groups excluding carboxylic acids is 3. The number of ether oxygens (including phenoxy) is 3. The Morgan fingerprint density at radius 3 is 0.859 bits per heavy atom. The topological polar surface area (TPSA) is 78.9 Å². The quantitative estimate of drug-likeness (QED) is 0.0261. The Kier molecular flexibility index (Phi) is 54.9. The molecule has 0 bridgehead atoms. The van der Waals surface area contributed by atoms with Gasteiger partial charge in [0.05, 0.1) is 0 Å². The lowest BCUT2D eigenvalue weighted by molar-refractivity contribution is -0.167. The highest BCUT2D eigenvalue weighted by atomic mass is 16.6. The molecule has 71 heavy (non-hydrogen) atoms. The molecule has 0 saturated carbocycles. The number of hydrogen-bond donors (Lipinski definition) is 0. The Morgan fingerprint density at radius 1 is 0.296 bits per heavy atom. The zero-order chi connectivity index (χ0) is 51.4. The molecule has 0 aliphatic heterocycles. The van der Waals surface area contributed by atoms with Gasteiger partial charge in [-0.3, -0.25) is 14.4 Å². The van der Waals surface area contributed by atoms with E-state index in [1.807, 2.05) is 0 Å². The average Bonchev–Trinajstić information content (AvgIpc) is 3.37. The van der Waals surface area contributed by atoms with Gasteiger partial charge in [-0.25, -0.2) is 0 Å². The second-order valence-corrected chi connectivity index (χ2v) is 18.8. The third-order valence-corrected chi connectivity index (χ3v) is 11.9. The van der Waals surface area contributed by atoms with Gasteiger partial charge in [-0.1, -0.05) is 226 Å². The van der Waals surface area contributed by atoms with Crippen molar-refractivity contribution in [2.24, 2.45) is 0 Å². The SMILES string of the molecule is CC/C=C\C/C=C\C/C=C\C/C=C\CCCCCCC(=O)OC(COC(=O)CCCCCCC/C=C\C/C=C\C/C=C\CC)COC(=O)CCCCCCCC/C=C\C/C=C\C/C=C\CCCCCCC. The molecule has 0 aromatic carbocycles. The van der Waals surface area contributed by atoms with Crippen LogP contribution < -0.4 is 0 Å². The van der Waals surface area contributed by atoms with Gasteiger partial charge in [-0.15, -0.1) is 0 Å². The highest BCUT2D eigenvalue weighted by Gasteiger charge is 2.19. The number of hydrogen-bond acceptors (Lipinski definition) is 6. The summed E-state index contributed by atoms with van der Waals surface area (Å²) < 4.78 is 16.8. The van der Waals surface area contributed by atoms with Gasteiger partial charge >= 0.3 is 17.9 Å². The van der Waals surface area contributed by atoms with E-state index in [0.29, 0.717) is 12.8 Å². The second-order valence-electron chi connectivity index (χ2n) is 18.8. The molecule has 0 spiro atoms. The summed E-state index contributed by atoms with van der Waals surface area (Å²) in [4.78, 5) is 38.2. The zero-order valence-corrected chi connectivity index (χ0v) is 45.9. The van der Waals surface area contributed by atoms with Crippen LogP contribution in [0.1, 0.15) is 252 Å². The normalized spacial score (nSPS) is 13.0. The molecule has 0 rings (SSSR count). The van der Waals surface area contributed by atoms with Gasteiger partial charge in [-0.2, -0.15) is 0 Å². The van der Waals surface area contributed by atoms with Crippen LogP contribution in [0.5, 0.6) is 0 Å². The molecule has 402 valence electrons. The van der Waals surface area contributed by atoms with E-state index in [1.165, 1.54) is 51.4 Å². The Bertz CT molecular complexity index is 1500. The molecule has 0 aliphatic carbocycles.